The van der Waals surface area contributed by atoms with E-state index >= 15 is 0 Å². The maximum atomic E-state index is 12.0. The molecule has 116 valence electrons. The number of nitrogens with one attached hydrogen (secondary N) is 2. The van der Waals surface area contributed by atoms with Gasteiger partial charge in [-0.25, -0.2) is 8.42 Å². The highest BCUT2D eigenvalue weighted by Crippen LogP contribution is 2.13. The number of sulfone groups is 1. The summed E-state index contributed by atoms with van der Waals surface area (Å²) < 4.78 is 28.7. The SMILES string of the molecule is COCCS(=O)(=O)c1ccc(C(=O)NC2CCNC2)cc1. The maximum Gasteiger partial charge on any atom is 0.251 e. The highest BCUT2D eigenvalue weighted by atomic mass is 32.2. The minimum atomic E-state index is -3.35. The lowest BCUT2D eigenvalue weighted by atomic mass is 10.2. The number of amides is 1. The summed E-state index contributed by atoms with van der Waals surface area (Å²) in [7, 11) is -1.89. The largest absolute Gasteiger partial charge is 0.384 e. The monoisotopic (exact) mass is 312 g/mol. The van der Waals surface area contributed by atoms with Gasteiger partial charge in [-0.1, -0.05) is 0 Å². The molecule has 1 unspecified atom stereocenters. The minimum Gasteiger partial charge on any atom is -0.384 e. The molecule has 1 aromatic carbocycles. The first-order chi connectivity index (χ1) is 10.0. The zero-order valence-corrected chi connectivity index (χ0v) is 12.8. The smallest absolute Gasteiger partial charge is 0.251 e. The fourth-order valence-electron chi connectivity index (χ4n) is 2.17. The van der Waals surface area contributed by atoms with Crippen molar-refractivity contribution < 1.29 is 17.9 Å². The van der Waals surface area contributed by atoms with E-state index in [4.69, 9.17) is 4.74 Å². The van der Waals surface area contributed by atoms with Crippen molar-refractivity contribution in [2.24, 2.45) is 0 Å². The number of hydrogen-bond acceptors (Lipinski definition) is 5. The van der Waals surface area contributed by atoms with E-state index in [-0.39, 0.29) is 29.2 Å². The van der Waals surface area contributed by atoms with Crippen molar-refractivity contribution in [2.75, 3.05) is 32.6 Å². The summed E-state index contributed by atoms with van der Waals surface area (Å²) in [6, 6.07) is 6.15. The van der Waals surface area contributed by atoms with Crippen molar-refractivity contribution in [2.45, 2.75) is 17.4 Å². The molecule has 1 aromatic rings. The van der Waals surface area contributed by atoms with Crippen LogP contribution >= 0.6 is 0 Å². The quantitative estimate of drug-likeness (QED) is 0.784. The van der Waals surface area contributed by atoms with E-state index in [1.807, 2.05) is 0 Å². The van der Waals surface area contributed by atoms with Gasteiger partial charge in [0.05, 0.1) is 17.3 Å². The van der Waals surface area contributed by atoms with Gasteiger partial charge in [0, 0.05) is 25.3 Å². The van der Waals surface area contributed by atoms with E-state index in [0.29, 0.717) is 5.56 Å². The lowest BCUT2D eigenvalue weighted by Gasteiger charge is -2.11. The summed E-state index contributed by atoms with van der Waals surface area (Å²) in [5.74, 6) is -0.243. The zero-order chi connectivity index (χ0) is 15.3. The van der Waals surface area contributed by atoms with Crippen LogP contribution in [0.25, 0.3) is 0 Å². The predicted octanol–water partition coefficient (Wildman–Crippen LogP) is 0.198. The van der Waals surface area contributed by atoms with Gasteiger partial charge in [-0.2, -0.15) is 0 Å². The third-order valence-electron chi connectivity index (χ3n) is 3.43. The first-order valence-corrected chi connectivity index (χ1v) is 8.51. The molecule has 1 heterocycles. The Hall–Kier alpha value is -1.44. The molecular weight excluding hydrogens is 292 g/mol. The van der Waals surface area contributed by atoms with Gasteiger partial charge in [-0.15, -0.1) is 0 Å². The Kier molecular flexibility index (Phi) is 5.33. The first kappa shape index (κ1) is 15.9. The van der Waals surface area contributed by atoms with Gasteiger partial charge in [0.2, 0.25) is 0 Å². The Morgan fingerprint density at radius 2 is 2.10 bits per heavy atom. The number of ether oxygens (including phenoxy) is 1. The second-order valence-corrected chi connectivity index (χ2v) is 7.11. The topological polar surface area (TPSA) is 84.5 Å². The lowest BCUT2D eigenvalue weighted by molar-refractivity contribution is 0.0940. The Bertz CT molecular complexity index is 577. The summed E-state index contributed by atoms with van der Waals surface area (Å²) >= 11 is 0. The molecule has 1 fully saturated rings. The van der Waals surface area contributed by atoms with Crippen LogP contribution in [-0.2, 0) is 14.6 Å². The molecule has 0 spiro atoms. The Balaban J connectivity index is 2.02. The molecule has 1 amide bonds. The van der Waals surface area contributed by atoms with Gasteiger partial charge in [-0.3, -0.25) is 4.79 Å². The van der Waals surface area contributed by atoms with Gasteiger partial charge >= 0.3 is 0 Å². The standard InChI is InChI=1S/C14H20N2O4S/c1-20-8-9-21(18,19)13-4-2-11(3-5-13)14(17)16-12-6-7-15-10-12/h2-5,12,15H,6-10H2,1H3,(H,16,17). The van der Waals surface area contributed by atoms with E-state index in [1.165, 1.54) is 31.4 Å². The van der Waals surface area contributed by atoms with Crippen molar-refractivity contribution >= 4 is 15.7 Å². The molecule has 6 nitrogen and oxygen atoms in total. The van der Waals surface area contributed by atoms with Crippen LogP contribution in [0.3, 0.4) is 0 Å². The van der Waals surface area contributed by atoms with E-state index in [9.17, 15) is 13.2 Å². The van der Waals surface area contributed by atoms with Gasteiger partial charge in [0.25, 0.3) is 5.91 Å². The Morgan fingerprint density at radius 3 is 2.67 bits per heavy atom. The van der Waals surface area contributed by atoms with E-state index < -0.39 is 9.84 Å². The van der Waals surface area contributed by atoms with Crippen molar-refractivity contribution in [3.63, 3.8) is 0 Å². The van der Waals surface area contributed by atoms with E-state index in [1.54, 1.807) is 0 Å². The Morgan fingerprint density at radius 1 is 1.38 bits per heavy atom. The first-order valence-electron chi connectivity index (χ1n) is 6.86. The van der Waals surface area contributed by atoms with Crippen LogP contribution in [0.15, 0.2) is 29.2 Å². The second-order valence-electron chi connectivity index (χ2n) is 5.00. The molecule has 0 saturated carbocycles. The van der Waals surface area contributed by atoms with Gasteiger partial charge < -0.3 is 15.4 Å². The van der Waals surface area contributed by atoms with Crippen LogP contribution in [0.1, 0.15) is 16.8 Å². The molecule has 0 bridgehead atoms. The molecule has 0 radical (unpaired) electrons. The molecule has 7 heteroatoms. The third-order valence-corrected chi connectivity index (χ3v) is 5.12. The molecule has 0 aliphatic carbocycles. The molecular formula is C14H20N2O4S. The normalized spacial score (nSPS) is 18.6. The highest BCUT2D eigenvalue weighted by molar-refractivity contribution is 7.91. The zero-order valence-electron chi connectivity index (χ0n) is 12.0. The van der Waals surface area contributed by atoms with Gasteiger partial charge in [-0.05, 0) is 37.2 Å². The highest BCUT2D eigenvalue weighted by Gasteiger charge is 2.18. The number of methoxy groups -OCH3 is 1. The average Bonchev–Trinajstić information content (AvgIpc) is 2.98. The third kappa shape index (κ3) is 4.26. The van der Waals surface area contributed by atoms with Crippen LogP contribution in [0.2, 0.25) is 0 Å². The molecule has 1 aliphatic heterocycles. The van der Waals surface area contributed by atoms with Crippen LogP contribution < -0.4 is 10.6 Å². The Labute approximate surface area is 124 Å². The number of carbonyl (C=O) groups is 1. The summed E-state index contributed by atoms with van der Waals surface area (Å²) in [5, 5.41) is 6.09. The van der Waals surface area contributed by atoms with Crippen LogP contribution in [0.4, 0.5) is 0 Å². The summed E-state index contributed by atoms with van der Waals surface area (Å²) in [6.45, 7) is 1.83. The molecule has 1 atom stereocenters. The van der Waals surface area contributed by atoms with Crippen molar-refractivity contribution in [1.82, 2.24) is 10.6 Å². The molecule has 0 aromatic heterocycles. The molecule has 2 N–H and O–H groups in total. The van der Waals surface area contributed by atoms with E-state index in [2.05, 4.69) is 10.6 Å². The summed E-state index contributed by atoms with van der Waals surface area (Å²) in [5.41, 5.74) is 0.465. The molecule has 2 rings (SSSR count). The fourth-order valence-corrected chi connectivity index (χ4v) is 3.34. The van der Waals surface area contributed by atoms with E-state index in [0.717, 1.165) is 19.5 Å². The average molecular weight is 312 g/mol. The molecule has 21 heavy (non-hydrogen) atoms. The lowest BCUT2D eigenvalue weighted by Crippen LogP contribution is -2.36. The fraction of sp³-hybridized carbons (Fsp3) is 0.500. The summed E-state index contributed by atoms with van der Waals surface area (Å²) in [4.78, 5) is 12.2. The van der Waals surface area contributed by atoms with Gasteiger partial charge in [0.15, 0.2) is 9.84 Å². The predicted molar refractivity (Wildman–Crippen MR) is 79.1 cm³/mol. The van der Waals surface area contributed by atoms with Crippen LogP contribution in [-0.4, -0.2) is 52.9 Å². The maximum absolute atomic E-state index is 12.0. The van der Waals surface area contributed by atoms with Crippen LogP contribution in [0.5, 0.6) is 0 Å². The van der Waals surface area contributed by atoms with Crippen molar-refractivity contribution in [3.8, 4) is 0 Å². The van der Waals surface area contributed by atoms with Gasteiger partial charge in [0.1, 0.15) is 0 Å². The molecule has 1 aliphatic rings. The van der Waals surface area contributed by atoms with Crippen LogP contribution in [0, 0.1) is 0 Å². The number of rotatable bonds is 6. The molecule has 1 saturated heterocycles. The number of carbonyl (C=O) groups excluding carboxylic acids is 1. The second kappa shape index (κ2) is 7.02. The number of benzene rings is 1. The summed E-state index contributed by atoms with van der Waals surface area (Å²) in [6.07, 6.45) is 0.912. The minimum absolute atomic E-state index is 0.0667. The number of hydrogen-bond donors (Lipinski definition) is 2. The van der Waals surface area contributed by atoms with Crippen molar-refractivity contribution in [3.05, 3.63) is 29.8 Å². The van der Waals surface area contributed by atoms with Crippen molar-refractivity contribution in [1.29, 1.82) is 0 Å².